The molecule has 2 aromatic rings. The maximum Gasteiger partial charge on any atom is 0.233 e. The number of benzene rings is 1. The number of aryl methyl sites for hydroxylation is 1. The van der Waals surface area contributed by atoms with Crippen LogP contribution in [0.2, 0.25) is 0 Å². The van der Waals surface area contributed by atoms with Crippen molar-refractivity contribution in [1.29, 1.82) is 0 Å². The van der Waals surface area contributed by atoms with E-state index in [1.165, 1.54) is 23.9 Å². The average molecular weight is 347 g/mol. The number of hydrogen-bond donors (Lipinski definition) is 0. The molecule has 2 heterocycles. The fourth-order valence-electron chi connectivity index (χ4n) is 2.49. The molecule has 0 radical (unpaired) electrons. The van der Waals surface area contributed by atoms with Crippen LogP contribution in [0.4, 0.5) is 4.39 Å². The monoisotopic (exact) mass is 347 g/mol. The zero-order valence-corrected chi connectivity index (χ0v) is 14.1. The number of carbonyl (C=O) groups is 1. The molecule has 1 fully saturated rings. The minimum absolute atomic E-state index is 0.0425. The van der Waals surface area contributed by atoms with E-state index in [4.69, 9.17) is 4.74 Å². The molecule has 1 aromatic carbocycles. The Balaban J connectivity index is 1.48. The highest BCUT2D eigenvalue weighted by Crippen LogP contribution is 2.21. The topological polar surface area (TPSA) is 55.3 Å². The number of thioether (sulfide) groups is 1. The minimum Gasteiger partial charge on any atom is -0.472 e. The van der Waals surface area contributed by atoms with Crippen LogP contribution in [0, 0.1) is 12.7 Å². The number of nitrogens with zero attached hydrogens (tertiary/aromatic N) is 3. The van der Waals surface area contributed by atoms with Crippen molar-refractivity contribution in [3.8, 4) is 5.88 Å². The van der Waals surface area contributed by atoms with E-state index < -0.39 is 0 Å². The summed E-state index contributed by atoms with van der Waals surface area (Å²) in [6.07, 6.45) is 2.41. The van der Waals surface area contributed by atoms with Gasteiger partial charge in [0.05, 0.1) is 12.3 Å². The number of amides is 1. The molecule has 5 nitrogen and oxygen atoms in total. The van der Waals surface area contributed by atoms with Crippen LogP contribution in [-0.2, 0) is 4.79 Å². The van der Waals surface area contributed by atoms with Crippen LogP contribution in [-0.4, -0.2) is 45.7 Å². The van der Waals surface area contributed by atoms with E-state index in [2.05, 4.69) is 9.97 Å². The van der Waals surface area contributed by atoms with E-state index in [-0.39, 0.29) is 17.8 Å². The predicted octanol–water partition coefficient (Wildman–Crippen LogP) is 2.70. The zero-order chi connectivity index (χ0) is 16.9. The van der Waals surface area contributed by atoms with Gasteiger partial charge < -0.3 is 9.64 Å². The smallest absolute Gasteiger partial charge is 0.233 e. The van der Waals surface area contributed by atoms with Gasteiger partial charge in [-0.05, 0) is 31.2 Å². The number of ether oxygens (including phenoxy) is 1. The Labute approximate surface area is 144 Å². The van der Waals surface area contributed by atoms with Crippen molar-refractivity contribution in [1.82, 2.24) is 14.9 Å². The first-order valence-corrected chi connectivity index (χ1v) is 8.71. The third-order valence-corrected chi connectivity index (χ3v) is 4.71. The quantitative estimate of drug-likeness (QED) is 0.779. The van der Waals surface area contributed by atoms with Crippen LogP contribution >= 0.6 is 11.8 Å². The number of hydrogen-bond acceptors (Lipinski definition) is 5. The van der Waals surface area contributed by atoms with Gasteiger partial charge in [0.25, 0.3) is 0 Å². The minimum atomic E-state index is -0.273. The maximum atomic E-state index is 12.9. The standard InChI is InChI=1S/C17H18FN3O2S/c1-12-19-8-6-16(20-12)23-14-7-9-21(10-14)17(22)11-24-15-4-2-13(18)3-5-15/h2-6,8,14H,7,9-11H2,1H3/t14-/m0/s1. The van der Waals surface area contributed by atoms with Gasteiger partial charge in [0, 0.05) is 30.1 Å². The maximum absolute atomic E-state index is 12.9. The number of aromatic nitrogens is 2. The number of rotatable bonds is 5. The van der Waals surface area contributed by atoms with Crippen molar-refractivity contribution in [3.05, 3.63) is 48.2 Å². The van der Waals surface area contributed by atoms with Crippen molar-refractivity contribution >= 4 is 17.7 Å². The van der Waals surface area contributed by atoms with Crippen molar-refractivity contribution < 1.29 is 13.9 Å². The van der Waals surface area contributed by atoms with E-state index in [9.17, 15) is 9.18 Å². The van der Waals surface area contributed by atoms with Gasteiger partial charge in [0.15, 0.2) is 0 Å². The average Bonchev–Trinajstić information content (AvgIpc) is 3.03. The van der Waals surface area contributed by atoms with Gasteiger partial charge in [0.1, 0.15) is 17.7 Å². The Morgan fingerprint density at radius 2 is 2.17 bits per heavy atom. The van der Waals surface area contributed by atoms with Gasteiger partial charge in [-0.3, -0.25) is 4.79 Å². The van der Waals surface area contributed by atoms with Gasteiger partial charge in [0.2, 0.25) is 11.8 Å². The highest BCUT2D eigenvalue weighted by atomic mass is 32.2. The van der Waals surface area contributed by atoms with E-state index >= 15 is 0 Å². The molecule has 0 unspecified atom stereocenters. The number of likely N-dealkylation sites (tertiary alicyclic amines) is 1. The van der Waals surface area contributed by atoms with Crippen LogP contribution in [0.1, 0.15) is 12.2 Å². The van der Waals surface area contributed by atoms with Crippen LogP contribution in [0.15, 0.2) is 41.4 Å². The van der Waals surface area contributed by atoms with Crippen LogP contribution < -0.4 is 4.74 Å². The Morgan fingerprint density at radius 1 is 1.38 bits per heavy atom. The molecule has 0 bridgehead atoms. The second-order valence-corrected chi connectivity index (χ2v) is 6.60. The van der Waals surface area contributed by atoms with E-state index in [0.29, 0.717) is 30.5 Å². The molecule has 3 rings (SSSR count). The fraction of sp³-hybridized carbons (Fsp3) is 0.353. The molecule has 1 atom stereocenters. The molecule has 0 aliphatic carbocycles. The summed E-state index contributed by atoms with van der Waals surface area (Å²) >= 11 is 1.41. The lowest BCUT2D eigenvalue weighted by molar-refractivity contribution is -0.127. The summed E-state index contributed by atoms with van der Waals surface area (Å²) in [5.41, 5.74) is 0. The predicted molar refractivity (Wildman–Crippen MR) is 89.5 cm³/mol. The highest BCUT2D eigenvalue weighted by molar-refractivity contribution is 8.00. The second-order valence-electron chi connectivity index (χ2n) is 5.55. The summed E-state index contributed by atoms with van der Waals surface area (Å²) < 4.78 is 18.7. The summed E-state index contributed by atoms with van der Waals surface area (Å²) in [7, 11) is 0. The van der Waals surface area contributed by atoms with Gasteiger partial charge in [-0.1, -0.05) is 0 Å². The summed E-state index contributed by atoms with van der Waals surface area (Å²) in [4.78, 5) is 23.2. The lowest BCUT2D eigenvalue weighted by Crippen LogP contribution is -2.32. The number of halogens is 1. The first kappa shape index (κ1) is 16.7. The molecular formula is C17H18FN3O2S. The van der Waals surface area contributed by atoms with Crippen molar-refractivity contribution in [2.45, 2.75) is 24.3 Å². The van der Waals surface area contributed by atoms with Gasteiger partial charge in [-0.25, -0.2) is 9.37 Å². The second kappa shape index (κ2) is 7.61. The molecular weight excluding hydrogens is 329 g/mol. The molecule has 1 aliphatic heterocycles. The Kier molecular flexibility index (Phi) is 5.30. The number of carbonyl (C=O) groups excluding carboxylic acids is 1. The molecule has 0 spiro atoms. The Morgan fingerprint density at radius 3 is 2.92 bits per heavy atom. The summed E-state index contributed by atoms with van der Waals surface area (Å²) in [5.74, 6) is 1.33. The molecule has 1 aliphatic rings. The van der Waals surface area contributed by atoms with Gasteiger partial charge in [-0.2, -0.15) is 4.98 Å². The molecule has 0 N–H and O–H groups in total. The third kappa shape index (κ3) is 4.44. The molecule has 0 saturated carbocycles. The normalized spacial score (nSPS) is 17.1. The van der Waals surface area contributed by atoms with Crippen LogP contribution in [0.5, 0.6) is 5.88 Å². The van der Waals surface area contributed by atoms with Gasteiger partial charge in [-0.15, -0.1) is 11.8 Å². The molecule has 1 aromatic heterocycles. The SMILES string of the molecule is Cc1nccc(O[C@H]2CCN(C(=O)CSc3ccc(F)cc3)C2)n1. The first-order chi connectivity index (χ1) is 11.6. The van der Waals surface area contributed by atoms with E-state index in [1.807, 2.05) is 6.92 Å². The summed E-state index contributed by atoms with van der Waals surface area (Å²) in [5, 5.41) is 0. The first-order valence-electron chi connectivity index (χ1n) is 7.72. The van der Waals surface area contributed by atoms with E-state index in [0.717, 1.165) is 11.3 Å². The summed E-state index contributed by atoms with van der Waals surface area (Å²) in [6.45, 7) is 3.05. The van der Waals surface area contributed by atoms with Crippen molar-refractivity contribution in [2.24, 2.45) is 0 Å². The van der Waals surface area contributed by atoms with Crippen molar-refractivity contribution in [3.63, 3.8) is 0 Å². The molecule has 126 valence electrons. The zero-order valence-electron chi connectivity index (χ0n) is 13.3. The Bertz CT molecular complexity index is 711. The fourth-order valence-corrected chi connectivity index (χ4v) is 3.29. The highest BCUT2D eigenvalue weighted by Gasteiger charge is 2.27. The molecule has 7 heteroatoms. The molecule has 24 heavy (non-hydrogen) atoms. The lowest BCUT2D eigenvalue weighted by Gasteiger charge is -2.17. The molecule has 1 saturated heterocycles. The van der Waals surface area contributed by atoms with Crippen LogP contribution in [0.25, 0.3) is 0 Å². The summed E-state index contributed by atoms with van der Waals surface area (Å²) in [6, 6.07) is 7.88. The molecule has 1 amide bonds. The van der Waals surface area contributed by atoms with Gasteiger partial charge >= 0.3 is 0 Å². The van der Waals surface area contributed by atoms with Crippen molar-refractivity contribution in [2.75, 3.05) is 18.8 Å². The Hall–Kier alpha value is -2.15. The lowest BCUT2D eigenvalue weighted by atomic mass is 10.3. The largest absolute Gasteiger partial charge is 0.472 e. The third-order valence-electron chi connectivity index (χ3n) is 3.71. The van der Waals surface area contributed by atoms with Crippen LogP contribution in [0.3, 0.4) is 0 Å². The van der Waals surface area contributed by atoms with E-state index in [1.54, 1.807) is 29.3 Å².